The number of carbonyl (C=O) groups is 1. The normalized spacial score (nSPS) is 28.9. The van der Waals surface area contributed by atoms with Gasteiger partial charge in [0.05, 0.1) is 6.10 Å². The van der Waals surface area contributed by atoms with E-state index in [1.807, 2.05) is 7.05 Å². The number of nitrogens with zero attached hydrogens (tertiary/aromatic N) is 1. The van der Waals surface area contributed by atoms with Gasteiger partial charge >= 0.3 is 6.03 Å². The minimum Gasteiger partial charge on any atom is -0.393 e. The molecule has 0 radical (unpaired) electrons. The van der Waals surface area contributed by atoms with Crippen LogP contribution in [0.3, 0.4) is 0 Å². The van der Waals surface area contributed by atoms with Gasteiger partial charge in [0, 0.05) is 25.6 Å². The molecule has 4 nitrogen and oxygen atoms in total. The molecule has 19 heavy (non-hydrogen) atoms. The van der Waals surface area contributed by atoms with Crippen molar-refractivity contribution >= 4 is 6.03 Å². The quantitative estimate of drug-likeness (QED) is 0.826. The number of hydrogen-bond donors (Lipinski definition) is 2. The molecule has 0 aromatic rings. The van der Waals surface area contributed by atoms with Gasteiger partial charge in [-0.3, -0.25) is 0 Å². The summed E-state index contributed by atoms with van der Waals surface area (Å²) in [6, 6.07) is 0.393. The lowest BCUT2D eigenvalue weighted by molar-refractivity contribution is 0.0561. The van der Waals surface area contributed by atoms with Crippen molar-refractivity contribution in [2.45, 2.75) is 69.9 Å². The van der Waals surface area contributed by atoms with Gasteiger partial charge in [-0.25, -0.2) is 4.79 Å². The third-order valence-corrected chi connectivity index (χ3v) is 4.66. The van der Waals surface area contributed by atoms with Crippen LogP contribution in [0.4, 0.5) is 4.79 Å². The second kappa shape index (κ2) is 7.13. The maximum atomic E-state index is 12.1. The zero-order valence-electron chi connectivity index (χ0n) is 12.1. The molecule has 0 heterocycles. The Hall–Kier alpha value is -0.770. The van der Waals surface area contributed by atoms with Crippen molar-refractivity contribution < 1.29 is 9.90 Å². The highest BCUT2D eigenvalue weighted by atomic mass is 16.3. The predicted molar refractivity (Wildman–Crippen MR) is 76.0 cm³/mol. The summed E-state index contributed by atoms with van der Waals surface area (Å²) in [5.74, 6) is 0.260. The lowest BCUT2D eigenvalue weighted by Crippen LogP contribution is -2.46. The van der Waals surface area contributed by atoms with Crippen molar-refractivity contribution in [1.29, 1.82) is 0 Å². The number of urea groups is 1. The number of aliphatic hydroxyl groups excluding tert-OH is 1. The van der Waals surface area contributed by atoms with Gasteiger partial charge < -0.3 is 15.3 Å². The van der Waals surface area contributed by atoms with Crippen LogP contribution in [0.15, 0.2) is 0 Å². The SMILES string of the molecule is CN(CC1CCCCC1O)C(=O)NC1CCCCC1. The van der Waals surface area contributed by atoms with Gasteiger partial charge in [-0.2, -0.15) is 0 Å². The third-order valence-electron chi connectivity index (χ3n) is 4.66. The highest BCUT2D eigenvalue weighted by Crippen LogP contribution is 2.25. The topological polar surface area (TPSA) is 52.6 Å². The Morgan fingerprint density at radius 2 is 1.74 bits per heavy atom. The van der Waals surface area contributed by atoms with Crippen LogP contribution in [-0.2, 0) is 0 Å². The molecule has 0 bridgehead atoms. The Balaban J connectivity index is 1.74. The van der Waals surface area contributed by atoms with Crippen LogP contribution in [-0.4, -0.2) is 41.8 Å². The Kier molecular flexibility index (Phi) is 5.49. The third kappa shape index (κ3) is 4.37. The first-order valence-electron chi connectivity index (χ1n) is 7.86. The summed E-state index contributed by atoms with van der Waals surface area (Å²) in [5.41, 5.74) is 0. The standard InChI is InChI=1S/C15H28N2O2/c1-17(11-12-7-5-6-10-14(12)18)15(19)16-13-8-3-2-4-9-13/h12-14,18H,2-11H2,1H3,(H,16,19). The Morgan fingerprint density at radius 1 is 1.11 bits per heavy atom. The summed E-state index contributed by atoms with van der Waals surface area (Å²) in [6.45, 7) is 0.680. The van der Waals surface area contributed by atoms with E-state index in [4.69, 9.17) is 0 Å². The number of nitrogens with one attached hydrogen (secondary N) is 1. The molecule has 2 fully saturated rings. The molecule has 110 valence electrons. The lowest BCUT2D eigenvalue weighted by atomic mass is 9.86. The Bertz CT molecular complexity index is 290. The van der Waals surface area contributed by atoms with Crippen molar-refractivity contribution in [2.24, 2.45) is 5.92 Å². The van der Waals surface area contributed by atoms with Crippen LogP contribution in [0.1, 0.15) is 57.8 Å². The molecule has 2 saturated carbocycles. The highest BCUT2D eigenvalue weighted by molar-refractivity contribution is 5.74. The highest BCUT2D eigenvalue weighted by Gasteiger charge is 2.26. The first kappa shape index (κ1) is 14.6. The molecule has 0 saturated heterocycles. The summed E-state index contributed by atoms with van der Waals surface area (Å²) in [7, 11) is 1.85. The van der Waals surface area contributed by atoms with Crippen molar-refractivity contribution in [3.05, 3.63) is 0 Å². The van der Waals surface area contributed by atoms with E-state index < -0.39 is 0 Å². The van der Waals surface area contributed by atoms with Crippen molar-refractivity contribution in [2.75, 3.05) is 13.6 Å². The van der Waals surface area contributed by atoms with E-state index in [0.29, 0.717) is 12.6 Å². The van der Waals surface area contributed by atoms with Crippen molar-refractivity contribution in [3.8, 4) is 0 Å². The number of carbonyl (C=O) groups excluding carboxylic acids is 1. The van der Waals surface area contributed by atoms with Gasteiger partial charge in [0.1, 0.15) is 0 Å². The second-order valence-corrected chi connectivity index (χ2v) is 6.28. The van der Waals surface area contributed by atoms with Crippen molar-refractivity contribution in [1.82, 2.24) is 10.2 Å². The van der Waals surface area contributed by atoms with Crippen LogP contribution in [0.2, 0.25) is 0 Å². The number of rotatable bonds is 3. The Morgan fingerprint density at radius 3 is 2.42 bits per heavy atom. The van der Waals surface area contributed by atoms with E-state index in [2.05, 4.69) is 5.32 Å². The molecular weight excluding hydrogens is 240 g/mol. The largest absolute Gasteiger partial charge is 0.393 e. The summed E-state index contributed by atoms with van der Waals surface area (Å²) in [4.78, 5) is 13.9. The van der Waals surface area contributed by atoms with Gasteiger partial charge in [0.25, 0.3) is 0 Å². The molecule has 2 N–H and O–H groups in total. The minimum absolute atomic E-state index is 0.0321. The lowest BCUT2D eigenvalue weighted by Gasteiger charge is -2.32. The van der Waals surface area contributed by atoms with Crippen LogP contribution in [0.5, 0.6) is 0 Å². The zero-order valence-corrected chi connectivity index (χ0v) is 12.1. The Labute approximate surface area is 116 Å². The number of hydrogen-bond acceptors (Lipinski definition) is 2. The minimum atomic E-state index is -0.223. The fraction of sp³-hybridized carbons (Fsp3) is 0.933. The molecule has 4 heteroatoms. The molecular formula is C15H28N2O2. The fourth-order valence-corrected chi connectivity index (χ4v) is 3.37. The summed E-state index contributed by atoms with van der Waals surface area (Å²) >= 11 is 0. The summed E-state index contributed by atoms with van der Waals surface area (Å²) < 4.78 is 0. The van der Waals surface area contributed by atoms with Crippen LogP contribution in [0.25, 0.3) is 0 Å². The van der Waals surface area contributed by atoms with Crippen molar-refractivity contribution in [3.63, 3.8) is 0 Å². The number of amides is 2. The van der Waals surface area contributed by atoms with Gasteiger partial charge in [-0.05, 0) is 25.7 Å². The molecule has 2 aliphatic rings. The van der Waals surface area contributed by atoms with Crippen LogP contribution in [0, 0.1) is 5.92 Å². The van der Waals surface area contributed by atoms with Gasteiger partial charge in [-0.1, -0.05) is 32.1 Å². The summed E-state index contributed by atoms with van der Waals surface area (Å²) in [6.07, 6.45) is 10.0. The van der Waals surface area contributed by atoms with Gasteiger partial charge in [-0.15, -0.1) is 0 Å². The monoisotopic (exact) mass is 268 g/mol. The van der Waals surface area contributed by atoms with Gasteiger partial charge in [0.15, 0.2) is 0 Å². The fourth-order valence-electron chi connectivity index (χ4n) is 3.37. The van der Waals surface area contributed by atoms with E-state index in [1.54, 1.807) is 4.90 Å². The molecule has 0 aromatic carbocycles. The first-order valence-corrected chi connectivity index (χ1v) is 7.86. The molecule has 2 aliphatic carbocycles. The van der Waals surface area contributed by atoms with E-state index in [-0.39, 0.29) is 18.1 Å². The maximum Gasteiger partial charge on any atom is 0.317 e. The maximum absolute atomic E-state index is 12.1. The van der Waals surface area contributed by atoms with Gasteiger partial charge in [0.2, 0.25) is 0 Å². The molecule has 2 unspecified atom stereocenters. The average molecular weight is 268 g/mol. The summed E-state index contributed by atoms with van der Waals surface area (Å²) in [5, 5.41) is 13.1. The molecule has 0 aromatic heterocycles. The van der Waals surface area contributed by atoms with E-state index in [1.165, 1.54) is 25.7 Å². The molecule has 0 spiro atoms. The van der Waals surface area contributed by atoms with Crippen LogP contribution < -0.4 is 5.32 Å². The van der Waals surface area contributed by atoms with Crippen LogP contribution >= 0.6 is 0 Å². The van der Waals surface area contributed by atoms with E-state index >= 15 is 0 Å². The second-order valence-electron chi connectivity index (χ2n) is 6.28. The molecule has 2 amide bonds. The molecule has 0 aliphatic heterocycles. The van der Waals surface area contributed by atoms with E-state index in [0.717, 1.165) is 32.1 Å². The average Bonchev–Trinajstić information content (AvgIpc) is 2.42. The zero-order chi connectivity index (χ0) is 13.7. The first-order chi connectivity index (χ1) is 9.16. The predicted octanol–water partition coefficient (Wildman–Crippen LogP) is 2.51. The smallest absolute Gasteiger partial charge is 0.317 e. The van der Waals surface area contributed by atoms with E-state index in [9.17, 15) is 9.90 Å². The number of aliphatic hydroxyl groups is 1. The molecule has 2 atom stereocenters. The molecule has 2 rings (SSSR count).